The van der Waals surface area contributed by atoms with Crippen LogP contribution in [0.25, 0.3) is 0 Å². The molecule has 0 saturated carbocycles. The highest BCUT2D eigenvalue weighted by Gasteiger charge is 2.25. The van der Waals surface area contributed by atoms with Crippen LogP contribution in [0.15, 0.2) is 24.3 Å². The lowest BCUT2D eigenvalue weighted by Gasteiger charge is -2.36. The Morgan fingerprint density at radius 3 is 2.58 bits per heavy atom. The SMILES string of the molecule is Cc1sc2c(c1C(O)CCN1CCN(c3ccc(Cl)cc3)CC1)CCC2. The molecule has 2 aromatic rings. The van der Waals surface area contributed by atoms with E-state index in [2.05, 4.69) is 28.9 Å². The second kappa shape index (κ2) is 7.89. The van der Waals surface area contributed by atoms with Crippen LogP contribution >= 0.6 is 22.9 Å². The van der Waals surface area contributed by atoms with E-state index < -0.39 is 0 Å². The molecule has 0 amide bonds. The molecule has 1 atom stereocenters. The van der Waals surface area contributed by atoms with Crippen molar-refractivity contribution in [3.05, 3.63) is 50.2 Å². The summed E-state index contributed by atoms with van der Waals surface area (Å²) in [6.45, 7) is 7.31. The average molecular weight is 391 g/mol. The number of aliphatic hydroxyl groups excluding tert-OH is 1. The van der Waals surface area contributed by atoms with Crippen molar-refractivity contribution in [2.45, 2.75) is 38.7 Å². The highest BCUT2D eigenvalue weighted by atomic mass is 35.5. The molecule has 26 heavy (non-hydrogen) atoms. The van der Waals surface area contributed by atoms with Crippen molar-refractivity contribution in [1.29, 1.82) is 0 Å². The van der Waals surface area contributed by atoms with Crippen LogP contribution in [0, 0.1) is 6.92 Å². The molecule has 4 rings (SSSR count). The number of fused-ring (bicyclic) bond motifs is 1. The molecule has 2 aliphatic rings. The summed E-state index contributed by atoms with van der Waals surface area (Å²) in [5, 5.41) is 11.6. The van der Waals surface area contributed by atoms with Crippen LogP contribution in [-0.2, 0) is 12.8 Å². The van der Waals surface area contributed by atoms with Crippen molar-refractivity contribution in [3.8, 4) is 0 Å². The molecule has 5 heteroatoms. The molecule has 1 fully saturated rings. The monoisotopic (exact) mass is 390 g/mol. The van der Waals surface area contributed by atoms with Gasteiger partial charge < -0.3 is 10.0 Å². The first-order valence-corrected chi connectivity index (χ1v) is 10.8. The first-order chi connectivity index (χ1) is 12.6. The first kappa shape index (κ1) is 18.3. The minimum Gasteiger partial charge on any atom is -0.388 e. The maximum absolute atomic E-state index is 10.8. The Hall–Kier alpha value is -1.07. The third-order valence-corrected chi connectivity index (χ3v) is 7.24. The van der Waals surface area contributed by atoms with Crippen LogP contribution in [0.5, 0.6) is 0 Å². The second-order valence-corrected chi connectivity index (χ2v) is 9.18. The summed E-state index contributed by atoms with van der Waals surface area (Å²) < 4.78 is 0. The zero-order chi connectivity index (χ0) is 18.1. The Balaban J connectivity index is 1.29. The minimum absolute atomic E-state index is 0.303. The van der Waals surface area contributed by atoms with E-state index in [-0.39, 0.29) is 6.10 Å². The molecular weight excluding hydrogens is 364 g/mol. The zero-order valence-electron chi connectivity index (χ0n) is 15.4. The molecule has 1 aliphatic heterocycles. The molecule has 2 heterocycles. The third kappa shape index (κ3) is 3.79. The maximum Gasteiger partial charge on any atom is 0.0815 e. The van der Waals surface area contributed by atoms with Gasteiger partial charge in [-0.1, -0.05) is 11.6 Å². The van der Waals surface area contributed by atoms with Gasteiger partial charge in [-0.05, 0) is 68.0 Å². The van der Waals surface area contributed by atoms with E-state index >= 15 is 0 Å². The van der Waals surface area contributed by atoms with E-state index in [1.54, 1.807) is 0 Å². The van der Waals surface area contributed by atoms with Crippen LogP contribution in [0.4, 0.5) is 5.69 Å². The van der Waals surface area contributed by atoms with Gasteiger partial charge >= 0.3 is 0 Å². The molecule has 0 radical (unpaired) electrons. The lowest BCUT2D eigenvalue weighted by molar-refractivity contribution is 0.138. The first-order valence-electron chi connectivity index (χ1n) is 9.64. The van der Waals surface area contributed by atoms with Gasteiger partial charge in [-0.25, -0.2) is 0 Å². The summed E-state index contributed by atoms with van der Waals surface area (Å²) >= 11 is 7.89. The van der Waals surface area contributed by atoms with Crippen molar-refractivity contribution in [2.24, 2.45) is 0 Å². The molecule has 3 nitrogen and oxygen atoms in total. The maximum atomic E-state index is 10.8. The fourth-order valence-corrected chi connectivity index (χ4v) is 5.78. The molecular formula is C21H27ClN2OS. The molecule has 1 saturated heterocycles. The Kier molecular flexibility index (Phi) is 5.55. The number of piperazine rings is 1. The summed E-state index contributed by atoms with van der Waals surface area (Å²) in [6, 6.07) is 8.12. The molecule has 1 aliphatic carbocycles. The fraction of sp³-hybridized carbons (Fsp3) is 0.524. The number of nitrogens with zero attached hydrogens (tertiary/aromatic N) is 2. The average Bonchev–Trinajstić information content (AvgIpc) is 3.21. The van der Waals surface area contributed by atoms with E-state index in [0.29, 0.717) is 0 Å². The highest BCUT2D eigenvalue weighted by molar-refractivity contribution is 7.12. The number of anilines is 1. The van der Waals surface area contributed by atoms with Gasteiger partial charge in [0, 0.05) is 53.2 Å². The number of thiophene rings is 1. The normalized spacial score (nSPS) is 19.0. The van der Waals surface area contributed by atoms with Crippen molar-refractivity contribution in [2.75, 3.05) is 37.6 Å². The Morgan fingerprint density at radius 1 is 1.12 bits per heavy atom. The van der Waals surface area contributed by atoms with Gasteiger partial charge in [0.25, 0.3) is 0 Å². The number of hydrogen-bond acceptors (Lipinski definition) is 4. The largest absolute Gasteiger partial charge is 0.388 e. The number of aryl methyl sites for hydroxylation is 2. The van der Waals surface area contributed by atoms with Crippen molar-refractivity contribution >= 4 is 28.6 Å². The Labute approximate surface area is 165 Å². The molecule has 0 bridgehead atoms. The lowest BCUT2D eigenvalue weighted by Crippen LogP contribution is -2.46. The van der Waals surface area contributed by atoms with E-state index in [0.717, 1.165) is 50.6 Å². The summed E-state index contributed by atoms with van der Waals surface area (Å²) in [6.07, 6.45) is 4.16. The summed E-state index contributed by atoms with van der Waals surface area (Å²) in [4.78, 5) is 7.75. The molecule has 1 N–H and O–H groups in total. The molecule has 0 spiro atoms. The standard InChI is InChI=1S/C21H27ClN2OS/c1-15-21(18-3-2-4-20(18)26-15)19(25)9-10-23-11-13-24(14-12-23)17-7-5-16(22)6-8-17/h5-8,19,25H,2-4,9-14H2,1H3. The van der Waals surface area contributed by atoms with Crippen molar-refractivity contribution in [3.63, 3.8) is 0 Å². The van der Waals surface area contributed by atoms with Gasteiger partial charge in [-0.2, -0.15) is 0 Å². The highest BCUT2D eigenvalue weighted by Crippen LogP contribution is 2.39. The topological polar surface area (TPSA) is 26.7 Å². The van der Waals surface area contributed by atoms with Gasteiger partial charge in [-0.15, -0.1) is 11.3 Å². The van der Waals surface area contributed by atoms with Crippen molar-refractivity contribution < 1.29 is 5.11 Å². The van der Waals surface area contributed by atoms with Crippen LogP contribution in [0.2, 0.25) is 5.02 Å². The Morgan fingerprint density at radius 2 is 1.85 bits per heavy atom. The van der Waals surface area contributed by atoms with E-state index in [1.165, 1.54) is 39.4 Å². The van der Waals surface area contributed by atoms with E-state index in [1.807, 2.05) is 23.5 Å². The van der Waals surface area contributed by atoms with Gasteiger partial charge in [0.1, 0.15) is 0 Å². The molecule has 1 unspecified atom stereocenters. The quantitative estimate of drug-likeness (QED) is 0.817. The fourth-order valence-electron chi connectivity index (χ4n) is 4.33. The van der Waals surface area contributed by atoms with Crippen LogP contribution in [0.3, 0.4) is 0 Å². The smallest absolute Gasteiger partial charge is 0.0815 e. The van der Waals surface area contributed by atoms with Crippen molar-refractivity contribution in [1.82, 2.24) is 4.90 Å². The van der Waals surface area contributed by atoms with Gasteiger partial charge in [0.15, 0.2) is 0 Å². The predicted molar refractivity (Wildman–Crippen MR) is 111 cm³/mol. The number of hydrogen-bond donors (Lipinski definition) is 1. The summed E-state index contributed by atoms with van der Waals surface area (Å²) in [7, 11) is 0. The lowest BCUT2D eigenvalue weighted by atomic mass is 10.0. The van der Waals surface area contributed by atoms with Gasteiger partial charge in [-0.3, -0.25) is 4.90 Å². The summed E-state index contributed by atoms with van der Waals surface area (Å²) in [5.41, 5.74) is 3.97. The predicted octanol–water partition coefficient (Wildman–Crippen LogP) is 4.44. The number of rotatable bonds is 5. The molecule has 1 aromatic carbocycles. The number of halogens is 1. The van der Waals surface area contributed by atoms with E-state index in [9.17, 15) is 5.11 Å². The molecule has 140 valence electrons. The molecule has 1 aromatic heterocycles. The second-order valence-electron chi connectivity index (χ2n) is 7.44. The third-order valence-electron chi connectivity index (χ3n) is 5.76. The minimum atomic E-state index is -0.303. The van der Waals surface area contributed by atoms with E-state index in [4.69, 9.17) is 11.6 Å². The zero-order valence-corrected chi connectivity index (χ0v) is 17.0. The van der Waals surface area contributed by atoms with Crippen LogP contribution in [-0.4, -0.2) is 42.7 Å². The number of aliphatic hydroxyl groups is 1. The number of benzene rings is 1. The Bertz CT molecular complexity index is 750. The van der Waals surface area contributed by atoms with Gasteiger partial charge in [0.2, 0.25) is 0 Å². The van der Waals surface area contributed by atoms with Gasteiger partial charge in [0.05, 0.1) is 6.10 Å². The van der Waals surface area contributed by atoms with Crippen LogP contribution < -0.4 is 4.90 Å². The van der Waals surface area contributed by atoms with Crippen LogP contribution in [0.1, 0.15) is 39.8 Å². The summed E-state index contributed by atoms with van der Waals surface area (Å²) in [5.74, 6) is 0.